The molecule has 0 aliphatic heterocycles. The number of hydrogen-bond donors (Lipinski definition) is 2. The maximum atomic E-state index is 11.5. The van der Waals surface area contributed by atoms with Crippen molar-refractivity contribution >= 4 is 27.8 Å². The van der Waals surface area contributed by atoms with Gasteiger partial charge >= 0.3 is 6.09 Å². The number of rotatable bonds is 6. The molecule has 0 spiro atoms. The first-order chi connectivity index (χ1) is 10.3. The molecule has 0 atom stereocenters. The lowest BCUT2D eigenvalue weighted by Gasteiger charge is -2.19. The van der Waals surface area contributed by atoms with Gasteiger partial charge in [0.15, 0.2) is 0 Å². The van der Waals surface area contributed by atoms with Crippen LogP contribution in [0, 0.1) is 0 Å². The van der Waals surface area contributed by atoms with Crippen molar-refractivity contribution < 1.29 is 9.53 Å². The molecule has 0 aromatic carbocycles. The van der Waals surface area contributed by atoms with E-state index in [1.807, 2.05) is 26.8 Å². The largest absolute Gasteiger partial charge is 0.444 e. The van der Waals surface area contributed by atoms with Gasteiger partial charge in [-0.2, -0.15) is 0 Å². The number of ether oxygens (including phenoxy) is 1. The molecule has 1 fully saturated rings. The minimum absolute atomic E-state index is 0.381. The fourth-order valence-corrected chi connectivity index (χ4v) is 2.26. The van der Waals surface area contributed by atoms with Crippen LogP contribution in [0.25, 0.3) is 0 Å². The Bertz CT molecular complexity index is 527. The molecule has 0 bridgehead atoms. The van der Waals surface area contributed by atoms with E-state index in [9.17, 15) is 4.79 Å². The molecule has 1 aromatic heterocycles. The lowest BCUT2D eigenvalue weighted by atomic mass is 10.2. The standard InChI is InChI=1S/C15H23BrN4O2/c1-15(2,3)22-14(21)18-8-4-7-17-12-9-11(16)19-13(20-12)10-5-6-10/h9-10H,4-8H2,1-3H3,(H,18,21)(H,17,19,20). The Morgan fingerprint density at radius 2 is 2.09 bits per heavy atom. The van der Waals surface area contributed by atoms with Gasteiger partial charge in [0.25, 0.3) is 0 Å². The summed E-state index contributed by atoms with van der Waals surface area (Å²) in [4.78, 5) is 20.4. The van der Waals surface area contributed by atoms with Crippen LogP contribution >= 0.6 is 15.9 Å². The van der Waals surface area contributed by atoms with Crippen molar-refractivity contribution in [1.29, 1.82) is 0 Å². The first kappa shape index (κ1) is 17.0. The zero-order valence-electron chi connectivity index (χ0n) is 13.3. The molecular weight excluding hydrogens is 348 g/mol. The van der Waals surface area contributed by atoms with Gasteiger partial charge in [-0.15, -0.1) is 0 Å². The average Bonchev–Trinajstić information content (AvgIpc) is 3.19. The molecule has 1 heterocycles. The van der Waals surface area contributed by atoms with Crippen molar-refractivity contribution in [1.82, 2.24) is 15.3 Å². The molecule has 2 N–H and O–H groups in total. The van der Waals surface area contributed by atoms with Crippen molar-refractivity contribution in [3.8, 4) is 0 Å². The summed E-state index contributed by atoms with van der Waals surface area (Å²) in [6.07, 6.45) is 2.76. The second-order valence-corrected chi connectivity index (χ2v) is 7.23. The van der Waals surface area contributed by atoms with Crippen LogP contribution in [0.5, 0.6) is 0 Å². The van der Waals surface area contributed by atoms with Gasteiger partial charge in [0.2, 0.25) is 0 Å². The zero-order chi connectivity index (χ0) is 16.2. The molecule has 7 heteroatoms. The van der Waals surface area contributed by atoms with Crippen LogP contribution in [0.1, 0.15) is 51.8 Å². The number of alkyl carbamates (subject to hydrolysis) is 1. The molecule has 0 saturated heterocycles. The molecule has 122 valence electrons. The van der Waals surface area contributed by atoms with Gasteiger partial charge < -0.3 is 15.4 Å². The van der Waals surface area contributed by atoms with E-state index in [2.05, 4.69) is 36.5 Å². The smallest absolute Gasteiger partial charge is 0.407 e. The van der Waals surface area contributed by atoms with Crippen molar-refractivity contribution in [2.45, 2.75) is 51.6 Å². The topological polar surface area (TPSA) is 76.1 Å². The predicted molar refractivity (Wildman–Crippen MR) is 89.1 cm³/mol. The first-order valence-electron chi connectivity index (χ1n) is 7.59. The monoisotopic (exact) mass is 370 g/mol. The highest BCUT2D eigenvalue weighted by molar-refractivity contribution is 9.10. The van der Waals surface area contributed by atoms with Crippen LogP contribution in [-0.2, 0) is 4.74 Å². The van der Waals surface area contributed by atoms with Crippen LogP contribution in [0.3, 0.4) is 0 Å². The number of carbonyl (C=O) groups is 1. The summed E-state index contributed by atoms with van der Waals surface area (Å²) in [5.74, 6) is 2.25. The molecule has 1 amide bonds. The quantitative estimate of drug-likeness (QED) is 0.592. The van der Waals surface area contributed by atoms with E-state index in [-0.39, 0.29) is 6.09 Å². The Morgan fingerprint density at radius 3 is 2.73 bits per heavy atom. The normalized spacial score (nSPS) is 14.5. The SMILES string of the molecule is CC(C)(C)OC(=O)NCCCNc1cc(Br)nc(C2CC2)n1. The van der Waals surface area contributed by atoms with Crippen LogP contribution in [0.2, 0.25) is 0 Å². The van der Waals surface area contributed by atoms with Gasteiger partial charge in [-0.1, -0.05) is 0 Å². The first-order valence-corrected chi connectivity index (χ1v) is 8.38. The third-order valence-corrected chi connectivity index (χ3v) is 3.39. The summed E-state index contributed by atoms with van der Waals surface area (Å²) >= 11 is 3.41. The third kappa shape index (κ3) is 6.17. The van der Waals surface area contributed by atoms with E-state index < -0.39 is 5.60 Å². The lowest BCUT2D eigenvalue weighted by molar-refractivity contribution is 0.0528. The second kappa shape index (κ2) is 7.26. The summed E-state index contributed by atoms with van der Waals surface area (Å²) < 4.78 is 5.97. The highest BCUT2D eigenvalue weighted by Crippen LogP contribution is 2.38. The molecule has 2 rings (SSSR count). The molecule has 1 aliphatic carbocycles. The number of hydrogen-bond acceptors (Lipinski definition) is 5. The van der Waals surface area contributed by atoms with Crippen LogP contribution in [-0.4, -0.2) is 34.8 Å². The average molecular weight is 371 g/mol. The van der Waals surface area contributed by atoms with Crippen molar-refractivity contribution in [3.63, 3.8) is 0 Å². The number of anilines is 1. The van der Waals surface area contributed by atoms with E-state index in [0.717, 1.165) is 29.2 Å². The molecule has 1 aromatic rings. The summed E-state index contributed by atoms with van der Waals surface area (Å²) in [6, 6.07) is 1.87. The molecule has 1 aliphatic rings. The Kier molecular flexibility index (Phi) is 5.61. The summed E-state index contributed by atoms with van der Waals surface area (Å²) in [5, 5.41) is 5.99. The number of nitrogens with one attached hydrogen (secondary N) is 2. The summed E-state index contributed by atoms with van der Waals surface area (Å²) in [7, 11) is 0. The number of amides is 1. The highest BCUT2D eigenvalue weighted by Gasteiger charge is 2.27. The molecule has 22 heavy (non-hydrogen) atoms. The van der Waals surface area contributed by atoms with E-state index >= 15 is 0 Å². The minimum atomic E-state index is -0.464. The maximum Gasteiger partial charge on any atom is 0.407 e. The van der Waals surface area contributed by atoms with Crippen LogP contribution < -0.4 is 10.6 Å². The maximum absolute atomic E-state index is 11.5. The summed E-state index contributed by atoms with van der Waals surface area (Å²) in [6.45, 7) is 6.82. The summed E-state index contributed by atoms with van der Waals surface area (Å²) in [5.41, 5.74) is -0.464. The number of nitrogens with zero attached hydrogens (tertiary/aromatic N) is 2. The molecule has 0 unspecified atom stereocenters. The lowest BCUT2D eigenvalue weighted by Crippen LogP contribution is -2.33. The van der Waals surface area contributed by atoms with Crippen LogP contribution in [0.4, 0.5) is 10.6 Å². The second-order valence-electron chi connectivity index (χ2n) is 6.42. The Morgan fingerprint density at radius 1 is 1.36 bits per heavy atom. The van der Waals surface area contributed by atoms with Crippen molar-refractivity contribution in [2.75, 3.05) is 18.4 Å². The molecular formula is C15H23BrN4O2. The van der Waals surface area contributed by atoms with Gasteiger partial charge in [0.05, 0.1) is 0 Å². The van der Waals surface area contributed by atoms with Gasteiger partial charge in [-0.05, 0) is 56.0 Å². The Hall–Kier alpha value is -1.37. The fourth-order valence-electron chi connectivity index (χ4n) is 1.86. The number of aromatic nitrogens is 2. The van der Waals surface area contributed by atoms with Gasteiger partial charge in [0, 0.05) is 25.1 Å². The Labute approximate surface area is 139 Å². The van der Waals surface area contributed by atoms with E-state index in [1.165, 1.54) is 12.8 Å². The fraction of sp³-hybridized carbons (Fsp3) is 0.667. The number of carbonyl (C=O) groups excluding carboxylic acids is 1. The predicted octanol–water partition coefficient (Wildman–Crippen LogP) is 3.44. The van der Waals surface area contributed by atoms with Crippen molar-refractivity contribution in [2.24, 2.45) is 0 Å². The molecule has 0 radical (unpaired) electrons. The number of halogens is 1. The zero-order valence-corrected chi connectivity index (χ0v) is 14.9. The van der Waals surface area contributed by atoms with Gasteiger partial charge in [-0.25, -0.2) is 14.8 Å². The Balaban J connectivity index is 1.67. The van der Waals surface area contributed by atoms with E-state index in [1.54, 1.807) is 0 Å². The van der Waals surface area contributed by atoms with Crippen molar-refractivity contribution in [3.05, 3.63) is 16.5 Å². The molecule has 6 nitrogen and oxygen atoms in total. The molecule has 1 saturated carbocycles. The van der Waals surface area contributed by atoms with Crippen LogP contribution in [0.15, 0.2) is 10.7 Å². The third-order valence-electron chi connectivity index (χ3n) is 2.98. The highest BCUT2D eigenvalue weighted by atomic mass is 79.9. The van der Waals surface area contributed by atoms with E-state index in [4.69, 9.17) is 4.74 Å². The van der Waals surface area contributed by atoms with Gasteiger partial charge in [-0.3, -0.25) is 0 Å². The van der Waals surface area contributed by atoms with E-state index in [0.29, 0.717) is 12.5 Å². The van der Waals surface area contributed by atoms with Gasteiger partial charge in [0.1, 0.15) is 21.8 Å². The minimum Gasteiger partial charge on any atom is -0.444 e.